The SMILES string of the molecule is Cl.Cl.O=C(Nc1ccc(F)cc1)c1ccc(-c2ncnc3ccc(-c4cn[nH]c4)cc23)cc1F. The van der Waals surface area contributed by atoms with Gasteiger partial charge in [-0.2, -0.15) is 5.10 Å². The number of halogens is 4. The fourth-order valence-electron chi connectivity index (χ4n) is 3.45. The van der Waals surface area contributed by atoms with Crippen molar-refractivity contribution in [3.05, 3.63) is 96.6 Å². The second-order valence-corrected chi connectivity index (χ2v) is 7.10. The van der Waals surface area contributed by atoms with Gasteiger partial charge in [-0.05, 0) is 54.1 Å². The van der Waals surface area contributed by atoms with Gasteiger partial charge in [0.1, 0.15) is 18.0 Å². The summed E-state index contributed by atoms with van der Waals surface area (Å²) in [7, 11) is 0. The molecule has 0 aliphatic heterocycles. The van der Waals surface area contributed by atoms with Crippen molar-refractivity contribution < 1.29 is 13.6 Å². The molecule has 0 aliphatic carbocycles. The van der Waals surface area contributed by atoms with E-state index in [1.54, 1.807) is 18.5 Å². The van der Waals surface area contributed by atoms with Crippen LogP contribution in [0.3, 0.4) is 0 Å². The lowest BCUT2D eigenvalue weighted by atomic mass is 10.0. The normalized spacial score (nSPS) is 10.3. The predicted octanol–water partition coefficient (Wildman–Crippen LogP) is 6.06. The number of H-pyrrole nitrogens is 1. The number of aromatic amines is 1. The number of carbonyl (C=O) groups is 1. The molecule has 0 saturated heterocycles. The summed E-state index contributed by atoms with van der Waals surface area (Å²) in [6.07, 6.45) is 4.90. The number of nitrogens with zero attached hydrogens (tertiary/aromatic N) is 3. The van der Waals surface area contributed by atoms with Gasteiger partial charge in [0.15, 0.2) is 0 Å². The fourth-order valence-corrected chi connectivity index (χ4v) is 3.45. The zero-order valence-corrected chi connectivity index (χ0v) is 19.0. The van der Waals surface area contributed by atoms with E-state index in [1.165, 1.54) is 42.7 Å². The van der Waals surface area contributed by atoms with E-state index in [1.807, 2.05) is 18.2 Å². The highest BCUT2D eigenvalue weighted by molar-refractivity contribution is 6.05. The number of nitrogens with one attached hydrogen (secondary N) is 2. The van der Waals surface area contributed by atoms with Gasteiger partial charge in [0.2, 0.25) is 0 Å². The average molecular weight is 500 g/mol. The third-order valence-electron chi connectivity index (χ3n) is 5.06. The first-order chi connectivity index (χ1) is 15.6. The fraction of sp³-hybridized carbons (Fsp3) is 0. The molecule has 5 rings (SSSR count). The van der Waals surface area contributed by atoms with Crippen molar-refractivity contribution in [3.8, 4) is 22.4 Å². The Balaban J connectivity index is 0.00000162. The molecule has 1 amide bonds. The molecule has 172 valence electrons. The molecule has 10 heteroatoms. The van der Waals surface area contributed by atoms with Gasteiger partial charge in [-0.3, -0.25) is 9.89 Å². The molecule has 3 aromatic carbocycles. The summed E-state index contributed by atoms with van der Waals surface area (Å²) in [5.74, 6) is -1.75. The van der Waals surface area contributed by atoms with Crippen LogP contribution in [-0.4, -0.2) is 26.1 Å². The van der Waals surface area contributed by atoms with Gasteiger partial charge < -0.3 is 5.32 Å². The maximum Gasteiger partial charge on any atom is 0.258 e. The quantitative estimate of drug-likeness (QED) is 0.314. The molecule has 2 heterocycles. The van der Waals surface area contributed by atoms with E-state index in [9.17, 15) is 13.6 Å². The molecule has 0 fully saturated rings. The van der Waals surface area contributed by atoms with Crippen LogP contribution in [0.15, 0.2) is 79.4 Å². The Hall–Kier alpha value is -3.88. The number of aromatic nitrogens is 4. The number of benzene rings is 3. The molecule has 2 N–H and O–H groups in total. The summed E-state index contributed by atoms with van der Waals surface area (Å²) >= 11 is 0. The minimum atomic E-state index is -0.695. The highest BCUT2D eigenvalue weighted by atomic mass is 35.5. The van der Waals surface area contributed by atoms with Crippen LogP contribution in [0.4, 0.5) is 14.5 Å². The van der Waals surface area contributed by atoms with Gasteiger partial charge in [-0.25, -0.2) is 18.7 Å². The van der Waals surface area contributed by atoms with Crippen molar-refractivity contribution in [2.45, 2.75) is 0 Å². The third kappa shape index (κ3) is 4.88. The molecule has 6 nitrogen and oxygen atoms in total. The molecule has 0 atom stereocenters. The summed E-state index contributed by atoms with van der Waals surface area (Å²) in [5.41, 5.74) is 3.82. The van der Waals surface area contributed by atoms with Crippen molar-refractivity contribution in [2.75, 3.05) is 5.32 Å². The highest BCUT2D eigenvalue weighted by Gasteiger charge is 2.15. The maximum absolute atomic E-state index is 14.9. The number of fused-ring (bicyclic) bond motifs is 1. The van der Waals surface area contributed by atoms with Gasteiger partial charge in [0.05, 0.1) is 23.0 Å². The molecule has 2 aromatic heterocycles. The number of rotatable bonds is 4. The summed E-state index contributed by atoms with van der Waals surface area (Å²) in [6.45, 7) is 0. The van der Waals surface area contributed by atoms with Crippen LogP contribution in [-0.2, 0) is 0 Å². The van der Waals surface area contributed by atoms with Crippen molar-refractivity contribution >= 4 is 47.3 Å². The lowest BCUT2D eigenvalue weighted by Crippen LogP contribution is -2.13. The molecular weight excluding hydrogens is 483 g/mol. The molecule has 0 unspecified atom stereocenters. The first kappa shape index (κ1) is 24.8. The Morgan fingerprint density at radius 1 is 0.853 bits per heavy atom. The van der Waals surface area contributed by atoms with Crippen molar-refractivity contribution in [1.82, 2.24) is 20.2 Å². The minimum absolute atomic E-state index is 0. The topological polar surface area (TPSA) is 83.6 Å². The van der Waals surface area contributed by atoms with E-state index >= 15 is 0 Å². The summed E-state index contributed by atoms with van der Waals surface area (Å²) in [4.78, 5) is 21.1. The lowest BCUT2D eigenvalue weighted by molar-refractivity contribution is 0.102. The Morgan fingerprint density at radius 3 is 2.32 bits per heavy atom. The number of amides is 1. The molecule has 0 bridgehead atoms. The van der Waals surface area contributed by atoms with Gasteiger partial charge in [-0.1, -0.05) is 12.1 Å². The third-order valence-corrected chi connectivity index (χ3v) is 5.06. The molecule has 34 heavy (non-hydrogen) atoms. The Bertz CT molecular complexity index is 1440. The second-order valence-electron chi connectivity index (χ2n) is 7.10. The predicted molar refractivity (Wildman–Crippen MR) is 131 cm³/mol. The summed E-state index contributed by atoms with van der Waals surface area (Å²) < 4.78 is 27.9. The zero-order valence-electron chi connectivity index (χ0n) is 17.3. The monoisotopic (exact) mass is 499 g/mol. The van der Waals surface area contributed by atoms with Crippen molar-refractivity contribution in [3.63, 3.8) is 0 Å². The highest BCUT2D eigenvalue weighted by Crippen LogP contribution is 2.30. The van der Waals surface area contributed by atoms with E-state index in [2.05, 4.69) is 25.5 Å². The summed E-state index contributed by atoms with van der Waals surface area (Å²) in [6, 6.07) is 15.3. The van der Waals surface area contributed by atoms with Crippen LogP contribution < -0.4 is 5.32 Å². The van der Waals surface area contributed by atoms with Gasteiger partial charge in [0, 0.05) is 28.4 Å². The van der Waals surface area contributed by atoms with Crippen LogP contribution in [0.2, 0.25) is 0 Å². The average Bonchev–Trinajstić information content (AvgIpc) is 3.35. The first-order valence-electron chi connectivity index (χ1n) is 9.69. The molecule has 0 spiro atoms. The lowest BCUT2D eigenvalue weighted by Gasteiger charge is -2.10. The summed E-state index contributed by atoms with van der Waals surface area (Å²) in [5, 5.41) is 10.1. The Labute approximate surface area is 205 Å². The van der Waals surface area contributed by atoms with Crippen molar-refractivity contribution in [2.24, 2.45) is 0 Å². The van der Waals surface area contributed by atoms with Crippen LogP contribution in [0.1, 0.15) is 10.4 Å². The smallest absolute Gasteiger partial charge is 0.258 e. The first-order valence-corrected chi connectivity index (χ1v) is 9.69. The maximum atomic E-state index is 14.9. The molecule has 0 saturated carbocycles. The van der Waals surface area contributed by atoms with E-state index in [4.69, 9.17) is 0 Å². The van der Waals surface area contributed by atoms with E-state index in [0.29, 0.717) is 22.5 Å². The standard InChI is InChI=1S/C24H15F2N5O.2ClH/c25-17-3-5-18(6-4-17)31-24(32)19-7-1-15(10-21(19)26)23-20-9-14(16-11-29-30-12-16)2-8-22(20)27-13-28-23;;/h1-13H,(H,29,30)(H,31,32);2*1H. The van der Waals surface area contributed by atoms with Gasteiger partial charge >= 0.3 is 0 Å². The largest absolute Gasteiger partial charge is 0.322 e. The molecular formula is C24H17Cl2F2N5O. The van der Waals surface area contributed by atoms with Crippen LogP contribution in [0, 0.1) is 11.6 Å². The molecule has 5 aromatic rings. The number of hydrogen-bond donors (Lipinski definition) is 2. The van der Waals surface area contributed by atoms with E-state index < -0.39 is 17.5 Å². The van der Waals surface area contributed by atoms with Crippen LogP contribution >= 0.6 is 24.8 Å². The van der Waals surface area contributed by atoms with Crippen molar-refractivity contribution in [1.29, 1.82) is 0 Å². The zero-order chi connectivity index (χ0) is 22.1. The Kier molecular flexibility index (Phi) is 7.55. The second kappa shape index (κ2) is 10.4. The Morgan fingerprint density at radius 2 is 1.62 bits per heavy atom. The van der Waals surface area contributed by atoms with Gasteiger partial charge in [0.25, 0.3) is 5.91 Å². The van der Waals surface area contributed by atoms with E-state index in [0.717, 1.165) is 16.5 Å². The molecule has 0 aliphatic rings. The van der Waals surface area contributed by atoms with Gasteiger partial charge in [-0.15, -0.1) is 24.8 Å². The number of anilines is 1. The number of carbonyl (C=O) groups excluding carboxylic acids is 1. The van der Waals surface area contributed by atoms with Crippen LogP contribution in [0.5, 0.6) is 0 Å². The molecule has 0 radical (unpaired) electrons. The van der Waals surface area contributed by atoms with Crippen LogP contribution in [0.25, 0.3) is 33.3 Å². The van der Waals surface area contributed by atoms with E-state index in [-0.39, 0.29) is 30.4 Å². The minimum Gasteiger partial charge on any atom is -0.322 e. The number of hydrogen-bond acceptors (Lipinski definition) is 4.